The smallest absolute Gasteiger partial charge is 0.421 e. The fourth-order valence-corrected chi connectivity index (χ4v) is 5.30. The molecule has 0 fully saturated rings. The van der Waals surface area contributed by atoms with Gasteiger partial charge in [-0.15, -0.1) is 0 Å². The van der Waals surface area contributed by atoms with Crippen LogP contribution < -0.4 is 0 Å². The summed E-state index contributed by atoms with van der Waals surface area (Å²) in [6.07, 6.45) is 9.14. The fourth-order valence-electron chi connectivity index (χ4n) is 2.90. The van der Waals surface area contributed by atoms with Gasteiger partial charge in [-0.1, -0.05) is 79.1 Å². The van der Waals surface area contributed by atoms with Crippen LogP contribution in [0.15, 0.2) is 0 Å². The third kappa shape index (κ3) is 8.54. The summed E-state index contributed by atoms with van der Waals surface area (Å²) in [7, 11) is 0. The molecule has 0 spiro atoms. The highest BCUT2D eigenvalue weighted by atomic mass is 24.5. The van der Waals surface area contributed by atoms with Gasteiger partial charge in [-0.05, 0) is 20.3 Å². The van der Waals surface area contributed by atoms with Gasteiger partial charge >= 0.3 is 20.4 Å². The van der Waals surface area contributed by atoms with Crippen molar-refractivity contribution in [2.45, 2.75) is 87.5 Å². The summed E-state index contributed by atoms with van der Waals surface area (Å²) in [5.41, 5.74) is 0. The largest absolute Gasteiger partial charge is 0.455 e. The van der Waals surface area contributed by atoms with E-state index in [1.807, 2.05) is 0 Å². The van der Waals surface area contributed by atoms with Gasteiger partial charge in [0.05, 0.1) is 0 Å². The van der Waals surface area contributed by atoms with Gasteiger partial charge in [-0.3, -0.25) is 0 Å². The molecule has 4 unspecified atom stereocenters. The zero-order valence-electron chi connectivity index (χ0n) is 13.6. The molecule has 19 heavy (non-hydrogen) atoms. The molecule has 0 rings (SSSR count). The van der Waals surface area contributed by atoms with Crippen molar-refractivity contribution in [1.82, 2.24) is 0 Å². The molecule has 0 saturated heterocycles. The molecule has 0 radical (unpaired) electrons. The number of hydrogen-bond acceptors (Lipinski definition) is 2. The number of rotatable bonds is 12. The lowest BCUT2D eigenvalue weighted by molar-refractivity contribution is 0.131. The van der Waals surface area contributed by atoms with Gasteiger partial charge in [0.1, 0.15) is 0 Å². The monoisotopic (exact) mass is 282 g/mol. The second-order valence-corrected chi connectivity index (χ2v) is 8.14. The third-order valence-corrected chi connectivity index (χ3v) is 6.78. The van der Waals surface area contributed by atoms with Gasteiger partial charge in [0.25, 0.3) is 0 Å². The first-order chi connectivity index (χ1) is 9.10. The summed E-state index contributed by atoms with van der Waals surface area (Å²) >= 11 is -0.802. The van der Waals surface area contributed by atoms with Crippen molar-refractivity contribution in [3.8, 4) is 0 Å². The van der Waals surface area contributed by atoms with Crippen molar-refractivity contribution in [2.24, 2.45) is 11.8 Å². The summed E-state index contributed by atoms with van der Waals surface area (Å²) in [6.45, 7) is 8.73. The lowest BCUT2D eigenvalue weighted by Gasteiger charge is -2.27. The zero-order valence-corrected chi connectivity index (χ0v) is 15.0. The Labute approximate surface area is 130 Å². The maximum atomic E-state index is 10.4. The maximum absolute atomic E-state index is 10.4. The Bertz CT molecular complexity index is 179. The highest BCUT2D eigenvalue weighted by Gasteiger charge is 2.27. The summed E-state index contributed by atoms with van der Waals surface area (Å²) in [5, 5.41) is 20.8. The Hall–Kier alpha value is 0.686. The first-order valence-electron chi connectivity index (χ1n) is 8.46. The molecule has 0 amide bonds. The van der Waals surface area contributed by atoms with Gasteiger partial charge in [-0.25, -0.2) is 0 Å². The van der Waals surface area contributed by atoms with Crippen LogP contribution in [0.4, 0.5) is 0 Å². The highest BCUT2D eigenvalue weighted by Crippen LogP contribution is 2.21. The minimum absolute atomic E-state index is 0.192. The molecule has 4 atom stereocenters. The van der Waals surface area contributed by atoms with Crippen molar-refractivity contribution in [1.29, 1.82) is 0 Å². The summed E-state index contributed by atoms with van der Waals surface area (Å²) < 4.78 is -0.385. The van der Waals surface area contributed by atoms with Crippen molar-refractivity contribution in [2.75, 3.05) is 0 Å². The second-order valence-electron chi connectivity index (χ2n) is 5.99. The molecular formula is C16H34MgO2. The lowest BCUT2D eigenvalue weighted by atomic mass is 9.99. The Morgan fingerprint density at radius 2 is 1.11 bits per heavy atom. The molecule has 0 aliphatic heterocycles. The Balaban J connectivity index is 4.21. The van der Waals surface area contributed by atoms with E-state index in [0.29, 0.717) is 11.8 Å². The highest BCUT2D eigenvalue weighted by molar-refractivity contribution is 6.38. The standard InChI is InChI=1S/2C8H17O.Mg/c2*1-3-5-6-8(4-2)7-9;/h2*7-9H,3-6H2,1-2H3;. The Kier molecular flexibility index (Phi) is 12.9. The van der Waals surface area contributed by atoms with Crippen LogP contribution in [0.2, 0.25) is 0 Å². The molecule has 0 saturated carbocycles. The normalized spacial score (nSPS) is 17.6. The molecule has 112 valence electrons. The van der Waals surface area contributed by atoms with Gasteiger partial charge in [0.15, 0.2) is 0 Å². The van der Waals surface area contributed by atoms with E-state index in [9.17, 15) is 10.2 Å². The van der Waals surface area contributed by atoms with Crippen LogP contribution in [-0.4, -0.2) is 39.0 Å². The number of aliphatic hydroxyl groups excluding tert-OH is 2. The number of unbranched alkanes of at least 4 members (excludes halogenated alkanes) is 2. The average molecular weight is 283 g/mol. The molecule has 0 aliphatic rings. The van der Waals surface area contributed by atoms with Crippen molar-refractivity contribution < 1.29 is 10.2 Å². The Morgan fingerprint density at radius 3 is 1.37 bits per heavy atom. The molecule has 3 heteroatoms. The maximum Gasteiger partial charge on any atom is 0.455 e. The van der Waals surface area contributed by atoms with Crippen LogP contribution in [0.3, 0.4) is 0 Å². The van der Waals surface area contributed by atoms with Crippen LogP contribution in [0.5, 0.6) is 0 Å². The molecular weight excluding hydrogens is 248 g/mol. The van der Waals surface area contributed by atoms with Crippen molar-refractivity contribution in [3.05, 3.63) is 0 Å². The summed E-state index contributed by atoms with van der Waals surface area (Å²) in [4.78, 5) is 0. The molecule has 2 N–H and O–H groups in total. The quantitative estimate of drug-likeness (QED) is 0.535. The second kappa shape index (κ2) is 12.4. The minimum atomic E-state index is -0.802. The molecule has 0 aliphatic carbocycles. The Morgan fingerprint density at radius 1 is 0.737 bits per heavy atom. The van der Waals surface area contributed by atoms with Gasteiger partial charge in [0, 0.05) is 0 Å². The lowest BCUT2D eigenvalue weighted by Crippen LogP contribution is -2.38. The average Bonchev–Trinajstić information content (AvgIpc) is 2.40. The van der Waals surface area contributed by atoms with Crippen LogP contribution in [-0.2, 0) is 0 Å². The van der Waals surface area contributed by atoms with Gasteiger partial charge in [0.2, 0.25) is 0 Å². The predicted molar refractivity (Wildman–Crippen MR) is 84.4 cm³/mol. The number of hydrogen-bond donors (Lipinski definition) is 2. The van der Waals surface area contributed by atoms with E-state index in [-0.39, 0.29) is 8.47 Å². The third-order valence-electron chi connectivity index (χ3n) is 4.48. The molecule has 0 aromatic carbocycles. The van der Waals surface area contributed by atoms with E-state index >= 15 is 0 Å². The predicted octanol–water partition coefficient (Wildman–Crippen LogP) is 3.76. The van der Waals surface area contributed by atoms with E-state index in [1.54, 1.807) is 0 Å². The zero-order chi connectivity index (χ0) is 14.7. The van der Waals surface area contributed by atoms with E-state index in [4.69, 9.17) is 0 Å². The summed E-state index contributed by atoms with van der Waals surface area (Å²) in [6, 6.07) is 0. The van der Waals surface area contributed by atoms with E-state index < -0.39 is 20.4 Å². The van der Waals surface area contributed by atoms with E-state index in [0.717, 1.165) is 25.7 Å². The molecule has 0 aromatic rings. The SMILES string of the molecule is CCCCC(CC)[CH](O)[Mg][CH](O)C(CC)CCCC. The van der Waals surface area contributed by atoms with Gasteiger partial charge in [-0.2, -0.15) is 0 Å². The first-order valence-corrected chi connectivity index (χ1v) is 10.1. The topological polar surface area (TPSA) is 40.5 Å². The molecule has 0 heterocycles. The van der Waals surface area contributed by atoms with E-state index in [1.165, 1.54) is 25.7 Å². The van der Waals surface area contributed by atoms with Crippen molar-refractivity contribution in [3.63, 3.8) is 0 Å². The number of aliphatic hydroxyl groups is 2. The van der Waals surface area contributed by atoms with Crippen LogP contribution in [0.1, 0.15) is 79.1 Å². The van der Waals surface area contributed by atoms with Crippen LogP contribution >= 0.6 is 0 Å². The fraction of sp³-hybridized carbons (Fsp3) is 1.00. The molecule has 0 aromatic heterocycles. The van der Waals surface area contributed by atoms with Gasteiger partial charge < -0.3 is 10.2 Å². The van der Waals surface area contributed by atoms with Crippen LogP contribution in [0.25, 0.3) is 0 Å². The van der Waals surface area contributed by atoms with Crippen molar-refractivity contribution >= 4 is 20.4 Å². The first kappa shape index (κ1) is 19.7. The minimum Gasteiger partial charge on any atom is -0.421 e. The van der Waals surface area contributed by atoms with E-state index in [2.05, 4.69) is 27.7 Å². The molecule has 2 nitrogen and oxygen atoms in total. The summed E-state index contributed by atoms with van der Waals surface area (Å²) in [5.74, 6) is 0.842. The molecule has 0 bridgehead atoms. The van der Waals surface area contributed by atoms with Crippen LogP contribution in [0, 0.1) is 11.8 Å².